The molecular formula is C61H72Cl2N6O11. The molecule has 4 aliphatic heterocycles. The van der Waals surface area contributed by atoms with Crippen LogP contribution < -0.4 is 28.4 Å². The average Bonchev–Trinajstić information content (AvgIpc) is 3.93. The van der Waals surface area contributed by atoms with Crippen LogP contribution in [0.15, 0.2) is 73.3 Å². The number of ether oxygens (including phenoxy) is 8. The normalized spacial score (nSPS) is 16.3. The molecule has 1 amide bonds. The Morgan fingerprint density at radius 2 is 1.10 bits per heavy atom. The van der Waals surface area contributed by atoms with E-state index in [1.807, 2.05) is 50.8 Å². The van der Waals surface area contributed by atoms with Gasteiger partial charge >= 0.3 is 0 Å². The van der Waals surface area contributed by atoms with Crippen LogP contribution in [0.3, 0.4) is 0 Å². The number of hydrogen-bond acceptors (Lipinski definition) is 16. The number of nitrogens with zero attached hydrogens (tertiary/aromatic N) is 6. The van der Waals surface area contributed by atoms with Gasteiger partial charge in [0.25, 0.3) is 0 Å². The molecule has 426 valence electrons. The molecule has 0 bridgehead atoms. The van der Waals surface area contributed by atoms with Crippen molar-refractivity contribution in [1.82, 2.24) is 29.7 Å². The minimum atomic E-state index is 0.0897. The number of benzene rings is 4. The van der Waals surface area contributed by atoms with Gasteiger partial charge in [-0.15, -0.1) is 0 Å². The maximum absolute atomic E-state index is 12.8. The summed E-state index contributed by atoms with van der Waals surface area (Å²) in [6, 6.07) is 17.8. The summed E-state index contributed by atoms with van der Waals surface area (Å²) in [5.41, 5.74) is 3.53. The smallest absolute Gasteiger partial charge is 0.230 e. The summed E-state index contributed by atoms with van der Waals surface area (Å²) in [5, 5.41) is 2.27. The number of ketones is 2. The average molecular weight is 1140 g/mol. The van der Waals surface area contributed by atoms with Crippen molar-refractivity contribution in [2.24, 2.45) is 22.7 Å². The first-order valence-corrected chi connectivity index (χ1v) is 28.4. The van der Waals surface area contributed by atoms with E-state index in [1.165, 1.54) is 19.1 Å². The first kappa shape index (κ1) is 58.3. The number of rotatable bonds is 23. The Bertz CT molecular complexity index is 3160. The first-order chi connectivity index (χ1) is 38.6. The first-order valence-electron chi connectivity index (χ1n) is 27.6. The number of fused-ring (bicyclic) bond motifs is 2. The summed E-state index contributed by atoms with van der Waals surface area (Å²) in [5.74, 6) is 4.94. The molecule has 4 aliphatic rings. The van der Waals surface area contributed by atoms with Crippen molar-refractivity contribution in [3.63, 3.8) is 0 Å². The van der Waals surface area contributed by atoms with Crippen molar-refractivity contribution in [2.45, 2.75) is 85.5 Å². The molecule has 0 radical (unpaired) electrons. The van der Waals surface area contributed by atoms with Crippen molar-refractivity contribution < 1.29 is 52.3 Å². The highest BCUT2D eigenvalue weighted by Gasteiger charge is 2.44. The molecular weight excluding hydrogens is 1060 g/mol. The number of carbonyl (C=O) groups is 3. The lowest BCUT2D eigenvalue weighted by Crippen LogP contribution is -2.52. The molecule has 0 aliphatic carbocycles. The Labute approximate surface area is 477 Å². The second-order valence-electron chi connectivity index (χ2n) is 22.4. The molecule has 80 heavy (non-hydrogen) atoms. The van der Waals surface area contributed by atoms with E-state index in [0.717, 1.165) is 89.5 Å². The van der Waals surface area contributed by atoms with Gasteiger partial charge in [0.05, 0.1) is 82.1 Å². The molecule has 6 heterocycles. The molecule has 2 aromatic heterocycles. The Hall–Kier alpha value is -6.37. The lowest BCUT2D eigenvalue weighted by molar-refractivity contribution is -0.153. The van der Waals surface area contributed by atoms with Gasteiger partial charge in [-0.1, -0.05) is 63.0 Å². The van der Waals surface area contributed by atoms with Crippen LogP contribution in [-0.4, -0.2) is 134 Å². The summed E-state index contributed by atoms with van der Waals surface area (Å²) in [4.78, 5) is 59.1. The zero-order valence-corrected chi connectivity index (χ0v) is 48.2. The maximum Gasteiger partial charge on any atom is 0.230 e. The molecule has 0 N–H and O–H groups in total. The largest absolute Gasteiger partial charge is 0.493 e. The fourth-order valence-corrected chi connectivity index (χ4v) is 11.1. The summed E-state index contributed by atoms with van der Waals surface area (Å²) in [6.07, 6.45) is 8.94. The van der Waals surface area contributed by atoms with Crippen LogP contribution in [0, 0.1) is 22.7 Å². The molecule has 4 aromatic carbocycles. The fourth-order valence-electron chi connectivity index (χ4n) is 10.6. The number of likely N-dealkylation sites (tertiary alicyclic amines) is 2. The predicted molar refractivity (Wildman–Crippen MR) is 305 cm³/mol. The highest BCUT2D eigenvalue weighted by molar-refractivity contribution is 6.32. The SMILES string of the molecule is COc1cc2c(Oc3ccc(CC(=O)CC(C)C)c(Cl)c3)ncnc2cc1OCCC(=O)N1CCC2(CC1)COC2.COc1cc2c(Oc3ccc(CC(=O)CC(C)C)c(Cl)c3)ncnc2cc1OCCCN1CCC2(COC2)C1. The number of carbonyl (C=O) groups excluding carboxylic acids is 3. The molecule has 0 unspecified atom stereocenters. The Balaban J connectivity index is 0.000000194. The van der Waals surface area contributed by atoms with Crippen molar-refractivity contribution >= 4 is 62.5 Å². The predicted octanol–water partition coefficient (Wildman–Crippen LogP) is 11.4. The summed E-state index contributed by atoms with van der Waals surface area (Å²) in [7, 11) is 3.16. The number of aromatic nitrogens is 4. The topological polar surface area (TPSA) is 183 Å². The standard InChI is InChI=1S/C31H36ClN3O6.C30H36ClN3O5/c1-20(2)12-22(36)13-21-4-5-23(14-25(21)32)41-30-24-15-27(38-3)28(16-26(24)33-19-34-30)40-11-6-29(37)35-9-7-31(8-10-35)17-39-18-31;1-20(2)11-22(35)12-21-5-6-23(13-25(21)31)39-29-24-14-27(36-3)28(15-26(24)32-19-33-29)38-10-4-8-34-9-7-30(16-34)17-37-18-30/h4-5,14-16,19-20H,6-13,17-18H2,1-3H3;5-6,13-15,19-20H,4,7-12,16-18H2,1-3H3. The Morgan fingerprint density at radius 1 is 0.613 bits per heavy atom. The molecule has 0 saturated carbocycles. The number of amides is 1. The van der Waals surface area contributed by atoms with Crippen LogP contribution >= 0.6 is 23.2 Å². The minimum absolute atomic E-state index is 0.0897. The molecule has 17 nitrogen and oxygen atoms in total. The van der Waals surface area contributed by atoms with E-state index < -0.39 is 0 Å². The van der Waals surface area contributed by atoms with Crippen LogP contribution in [0.4, 0.5) is 0 Å². The van der Waals surface area contributed by atoms with E-state index in [1.54, 1.807) is 56.7 Å². The molecule has 4 saturated heterocycles. The lowest BCUT2D eigenvalue weighted by Gasteiger charge is -2.47. The highest BCUT2D eigenvalue weighted by Crippen LogP contribution is 2.41. The van der Waals surface area contributed by atoms with E-state index in [0.29, 0.717) is 127 Å². The van der Waals surface area contributed by atoms with Gasteiger partial charge in [-0.25, -0.2) is 19.9 Å². The van der Waals surface area contributed by atoms with Crippen molar-refractivity contribution in [3.05, 3.63) is 94.5 Å². The second kappa shape index (κ2) is 26.5. The van der Waals surface area contributed by atoms with Crippen molar-refractivity contribution in [3.8, 4) is 46.3 Å². The summed E-state index contributed by atoms with van der Waals surface area (Å²) in [6.45, 7) is 17.1. The van der Waals surface area contributed by atoms with Gasteiger partial charge in [0.15, 0.2) is 23.0 Å². The number of hydrogen-bond donors (Lipinski definition) is 0. The third-order valence-electron chi connectivity index (χ3n) is 15.1. The van der Waals surface area contributed by atoms with Gasteiger partial charge in [0.2, 0.25) is 17.7 Å². The number of methoxy groups -OCH3 is 2. The lowest BCUT2D eigenvalue weighted by atomic mass is 9.77. The Kier molecular flexibility index (Phi) is 19.3. The number of halogens is 2. The van der Waals surface area contributed by atoms with Crippen LogP contribution in [0.25, 0.3) is 21.8 Å². The zero-order valence-electron chi connectivity index (χ0n) is 46.7. The van der Waals surface area contributed by atoms with Crippen LogP contribution in [0.5, 0.6) is 46.3 Å². The van der Waals surface area contributed by atoms with Gasteiger partial charge in [0, 0.05) is 84.9 Å². The van der Waals surface area contributed by atoms with Crippen molar-refractivity contribution in [2.75, 3.05) is 86.6 Å². The maximum atomic E-state index is 12.8. The Morgan fingerprint density at radius 3 is 1.54 bits per heavy atom. The van der Waals surface area contributed by atoms with E-state index in [9.17, 15) is 14.4 Å². The van der Waals surface area contributed by atoms with Gasteiger partial charge in [-0.2, -0.15) is 0 Å². The van der Waals surface area contributed by atoms with Gasteiger partial charge in [-0.05, 0) is 91.6 Å². The third kappa shape index (κ3) is 14.8. The van der Waals surface area contributed by atoms with Gasteiger partial charge < -0.3 is 47.7 Å². The number of Topliss-reactive ketones (excluding diaryl/α,β-unsaturated/α-hetero) is 2. The molecule has 2 spiro atoms. The van der Waals surface area contributed by atoms with Crippen molar-refractivity contribution in [1.29, 1.82) is 0 Å². The van der Waals surface area contributed by atoms with Crippen LogP contribution in [0.1, 0.15) is 83.8 Å². The van der Waals surface area contributed by atoms with E-state index in [2.05, 4.69) is 24.8 Å². The molecule has 4 fully saturated rings. The van der Waals surface area contributed by atoms with Gasteiger partial charge in [0.1, 0.15) is 35.7 Å². The fraction of sp³-hybridized carbons (Fsp3) is 0.492. The quantitative estimate of drug-likeness (QED) is 0.0552. The van der Waals surface area contributed by atoms with E-state index in [4.69, 9.17) is 61.1 Å². The van der Waals surface area contributed by atoms with Gasteiger partial charge in [-0.3, -0.25) is 14.4 Å². The second-order valence-corrected chi connectivity index (χ2v) is 23.2. The van der Waals surface area contributed by atoms with Crippen LogP contribution in [-0.2, 0) is 36.7 Å². The molecule has 6 aromatic rings. The molecule has 19 heteroatoms. The van der Waals surface area contributed by atoms with Crippen LogP contribution in [0.2, 0.25) is 10.0 Å². The molecule has 10 rings (SSSR count). The van der Waals surface area contributed by atoms with E-state index in [-0.39, 0.29) is 36.9 Å². The third-order valence-corrected chi connectivity index (χ3v) is 15.8. The highest BCUT2D eigenvalue weighted by atomic mass is 35.5. The number of piperidine rings is 1. The summed E-state index contributed by atoms with van der Waals surface area (Å²) < 4.78 is 46.2. The monoisotopic (exact) mass is 1130 g/mol. The zero-order chi connectivity index (χ0) is 56.4. The molecule has 0 atom stereocenters. The minimum Gasteiger partial charge on any atom is -0.493 e. The summed E-state index contributed by atoms with van der Waals surface area (Å²) >= 11 is 13.0. The van der Waals surface area contributed by atoms with E-state index >= 15 is 0 Å².